The summed E-state index contributed by atoms with van der Waals surface area (Å²) in [5, 5.41) is 13.1. The van der Waals surface area contributed by atoms with Crippen LogP contribution in [0, 0.1) is 28.9 Å². The van der Waals surface area contributed by atoms with Crippen molar-refractivity contribution in [3.8, 4) is 0 Å². The highest BCUT2D eigenvalue weighted by Crippen LogP contribution is 2.60. The van der Waals surface area contributed by atoms with Crippen LogP contribution in [0.4, 0.5) is 28.9 Å². The Morgan fingerprint density at radius 3 is 2.33 bits per heavy atom. The summed E-state index contributed by atoms with van der Waals surface area (Å²) in [4.78, 5) is 43.2. The quantitative estimate of drug-likeness (QED) is 0.449. The molecule has 2 aromatic carbocycles. The molecular weight excluding hydrogens is 577 g/mol. The van der Waals surface area contributed by atoms with E-state index in [1.807, 2.05) is 20.8 Å². The third-order valence-electron chi connectivity index (χ3n) is 7.65. The van der Waals surface area contributed by atoms with Crippen molar-refractivity contribution in [3.63, 3.8) is 0 Å². The Labute approximate surface area is 237 Å². The molecule has 2 aromatic rings. The zero-order valence-corrected chi connectivity index (χ0v) is 23.1. The maximum Gasteiger partial charge on any atom is 0.310 e. The van der Waals surface area contributed by atoms with Crippen LogP contribution in [0.5, 0.6) is 0 Å². The van der Waals surface area contributed by atoms with Gasteiger partial charge < -0.3 is 15.3 Å². The molecule has 2 amide bonds. The smallest absolute Gasteiger partial charge is 0.310 e. The minimum Gasteiger partial charge on any atom is -0.481 e. The maximum atomic E-state index is 15.0. The average molecular weight is 602 g/mol. The molecule has 3 aliphatic heterocycles. The first-order valence-electron chi connectivity index (χ1n) is 12.4. The van der Waals surface area contributed by atoms with E-state index in [9.17, 15) is 28.3 Å². The summed E-state index contributed by atoms with van der Waals surface area (Å²) in [6, 6.07) is 4.11. The zero-order valence-electron chi connectivity index (χ0n) is 21.6. The van der Waals surface area contributed by atoms with Gasteiger partial charge in [-0.3, -0.25) is 19.3 Å². The van der Waals surface area contributed by atoms with Gasteiger partial charge in [0.2, 0.25) is 5.91 Å². The number of nitrogens with one attached hydrogen (secondary N) is 1. The topological polar surface area (TPSA) is 90.0 Å². The summed E-state index contributed by atoms with van der Waals surface area (Å²) in [5.41, 5.74) is -3.77. The highest BCUT2D eigenvalue weighted by Gasteiger charge is 2.75. The molecule has 2 fully saturated rings. The van der Waals surface area contributed by atoms with Crippen molar-refractivity contribution in [1.82, 2.24) is 4.90 Å². The summed E-state index contributed by atoms with van der Waals surface area (Å²) in [5.74, 6) is -13.0. The van der Waals surface area contributed by atoms with Gasteiger partial charge in [-0.25, -0.2) is 17.6 Å². The Balaban J connectivity index is 1.74. The molecule has 2 N–H and O–H groups in total. The van der Waals surface area contributed by atoms with Crippen LogP contribution in [-0.2, 0) is 19.9 Å². The normalized spacial score (nSPS) is 27.0. The van der Waals surface area contributed by atoms with E-state index in [1.165, 1.54) is 23.1 Å². The van der Waals surface area contributed by atoms with Crippen molar-refractivity contribution in [3.05, 3.63) is 57.6 Å². The SMILES string of the molecule is CC(C)(C)CN(C(=O)C1[C@@H](C(=O)O)[C@]2(C(=O)Nc3c(F)cc(F)cc32)N2CC(F)(F)C[C@@H]12)c1cc(Cl)cc(Cl)c1. The minimum atomic E-state index is -3.41. The molecule has 1 unspecified atom stereocenters. The van der Waals surface area contributed by atoms with Crippen LogP contribution in [0.3, 0.4) is 0 Å². The molecule has 0 radical (unpaired) electrons. The number of hydrogen-bond donors (Lipinski definition) is 2. The van der Waals surface area contributed by atoms with Crippen LogP contribution in [-0.4, -0.2) is 52.8 Å². The van der Waals surface area contributed by atoms with Gasteiger partial charge in [-0.2, -0.15) is 0 Å². The first-order chi connectivity index (χ1) is 18.5. The third-order valence-corrected chi connectivity index (χ3v) is 8.08. The number of anilines is 2. The number of halogens is 6. The predicted octanol–water partition coefficient (Wildman–Crippen LogP) is 5.54. The van der Waals surface area contributed by atoms with Gasteiger partial charge in [0.05, 0.1) is 18.2 Å². The van der Waals surface area contributed by atoms with E-state index in [4.69, 9.17) is 23.2 Å². The standard InChI is InChI=1S/C27H25Cl2F4N3O4/c1-25(2,3)10-35(15-5-12(28)4-13(29)6-15)22(37)19-18-9-26(32,33)11-36(18)27(20(19)23(38)39)16-7-14(30)8-17(31)21(16)34-24(27)40/h4-8,18-20H,9-11H2,1-3H3,(H,34,40)(H,38,39)/t18-,19?,20-,27+/m0/s1. The zero-order chi connectivity index (χ0) is 29.5. The monoisotopic (exact) mass is 601 g/mol. The summed E-state index contributed by atoms with van der Waals surface area (Å²) in [6.45, 7) is 4.36. The lowest BCUT2D eigenvalue weighted by Crippen LogP contribution is -2.54. The number of carboxylic acid groups (broad SMARTS) is 1. The number of benzene rings is 2. The lowest BCUT2D eigenvalue weighted by atomic mass is 9.73. The predicted molar refractivity (Wildman–Crippen MR) is 140 cm³/mol. The molecule has 13 heteroatoms. The Hall–Kier alpha value is -2.89. The molecule has 40 heavy (non-hydrogen) atoms. The van der Waals surface area contributed by atoms with Crippen molar-refractivity contribution in [2.75, 3.05) is 23.3 Å². The minimum absolute atomic E-state index is 0.00744. The van der Waals surface area contributed by atoms with Gasteiger partial charge >= 0.3 is 5.97 Å². The molecule has 4 atom stereocenters. The van der Waals surface area contributed by atoms with Crippen LogP contribution in [0.2, 0.25) is 10.0 Å². The second kappa shape index (κ2) is 9.32. The fraction of sp³-hybridized carbons (Fsp3) is 0.444. The van der Waals surface area contributed by atoms with Crippen molar-refractivity contribution in [2.45, 2.75) is 44.7 Å². The van der Waals surface area contributed by atoms with Crippen molar-refractivity contribution in [2.24, 2.45) is 17.3 Å². The maximum absolute atomic E-state index is 15.0. The van der Waals surface area contributed by atoms with Crippen LogP contribution < -0.4 is 10.2 Å². The summed E-state index contributed by atoms with van der Waals surface area (Å²) < 4.78 is 59.3. The number of fused-ring (bicyclic) bond motifs is 4. The van der Waals surface area contributed by atoms with Gasteiger partial charge in [0.15, 0.2) is 0 Å². The Kier molecular flexibility index (Phi) is 6.67. The molecule has 214 valence electrons. The number of carbonyl (C=O) groups is 3. The molecule has 2 saturated heterocycles. The number of carboxylic acids is 1. The fourth-order valence-corrected chi connectivity index (χ4v) is 6.94. The van der Waals surface area contributed by atoms with Crippen molar-refractivity contribution >= 4 is 52.4 Å². The molecule has 7 nitrogen and oxygen atoms in total. The molecule has 0 aromatic heterocycles. The van der Waals surface area contributed by atoms with Gasteiger partial charge in [0.25, 0.3) is 11.8 Å². The van der Waals surface area contributed by atoms with Gasteiger partial charge in [0, 0.05) is 46.4 Å². The second-order valence-electron chi connectivity index (χ2n) is 11.7. The van der Waals surface area contributed by atoms with Gasteiger partial charge in [0.1, 0.15) is 23.1 Å². The van der Waals surface area contributed by atoms with Crippen molar-refractivity contribution < 1.29 is 37.1 Å². The van der Waals surface area contributed by atoms with E-state index in [0.717, 1.165) is 11.0 Å². The first-order valence-corrected chi connectivity index (χ1v) is 13.2. The number of nitrogens with zero attached hydrogens (tertiary/aromatic N) is 2. The lowest BCUT2D eigenvalue weighted by molar-refractivity contribution is -0.153. The summed E-state index contributed by atoms with van der Waals surface area (Å²) in [6.07, 6.45) is -0.936. The molecule has 1 spiro atoms. The van der Waals surface area contributed by atoms with Gasteiger partial charge in [-0.1, -0.05) is 44.0 Å². The Bertz CT molecular complexity index is 1430. The summed E-state index contributed by atoms with van der Waals surface area (Å²) in [7, 11) is 0. The van der Waals surface area contributed by atoms with Crippen LogP contribution in [0.1, 0.15) is 32.8 Å². The molecule has 5 rings (SSSR count). The highest BCUT2D eigenvalue weighted by atomic mass is 35.5. The van der Waals surface area contributed by atoms with Crippen LogP contribution >= 0.6 is 23.2 Å². The number of carbonyl (C=O) groups excluding carboxylic acids is 2. The van der Waals surface area contributed by atoms with E-state index in [0.29, 0.717) is 6.07 Å². The Morgan fingerprint density at radius 2 is 1.75 bits per heavy atom. The molecule has 0 saturated carbocycles. The molecular formula is C27H25Cl2F4N3O4. The van der Waals surface area contributed by atoms with E-state index in [2.05, 4.69) is 5.32 Å². The number of rotatable bonds is 4. The lowest BCUT2D eigenvalue weighted by Gasteiger charge is -2.36. The molecule has 3 aliphatic rings. The van der Waals surface area contributed by atoms with Gasteiger partial charge in [-0.15, -0.1) is 0 Å². The van der Waals surface area contributed by atoms with Crippen LogP contribution in [0.25, 0.3) is 0 Å². The van der Waals surface area contributed by atoms with Gasteiger partial charge in [-0.05, 0) is 29.7 Å². The molecule has 3 heterocycles. The summed E-state index contributed by atoms with van der Waals surface area (Å²) >= 11 is 12.4. The van der Waals surface area contributed by atoms with E-state index >= 15 is 8.78 Å². The van der Waals surface area contributed by atoms with E-state index in [1.54, 1.807) is 0 Å². The average Bonchev–Trinajstić information content (AvgIpc) is 3.37. The number of amides is 2. The number of aliphatic carboxylic acids is 1. The largest absolute Gasteiger partial charge is 0.481 e. The number of hydrogen-bond acceptors (Lipinski definition) is 4. The molecule has 0 bridgehead atoms. The first kappa shape index (κ1) is 28.6. The number of alkyl halides is 2. The van der Waals surface area contributed by atoms with Crippen LogP contribution in [0.15, 0.2) is 30.3 Å². The van der Waals surface area contributed by atoms with E-state index in [-0.39, 0.29) is 22.3 Å². The van der Waals surface area contributed by atoms with E-state index < -0.39 is 88.4 Å². The fourth-order valence-electron chi connectivity index (χ4n) is 6.43. The molecule has 0 aliphatic carbocycles. The highest BCUT2D eigenvalue weighted by molar-refractivity contribution is 6.35. The third kappa shape index (κ3) is 4.42. The van der Waals surface area contributed by atoms with Crippen molar-refractivity contribution in [1.29, 1.82) is 0 Å². The second-order valence-corrected chi connectivity index (χ2v) is 12.6. The Morgan fingerprint density at radius 1 is 1.12 bits per heavy atom.